The minimum Gasteiger partial charge on any atom is -0.465 e. The minimum absolute atomic E-state index is 0.360. The van der Waals surface area contributed by atoms with Crippen LogP contribution in [0.2, 0.25) is 0 Å². The summed E-state index contributed by atoms with van der Waals surface area (Å²) >= 11 is 1.66. The maximum absolute atomic E-state index is 11.6. The van der Waals surface area contributed by atoms with Crippen molar-refractivity contribution in [2.45, 2.75) is 4.90 Å². The van der Waals surface area contributed by atoms with Gasteiger partial charge in [0.25, 0.3) is 0 Å². The molecule has 2 rings (SSSR count). The van der Waals surface area contributed by atoms with Crippen molar-refractivity contribution in [2.75, 3.05) is 24.4 Å². The summed E-state index contributed by atoms with van der Waals surface area (Å²) in [5.74, 6) is -0.441. The first-order valence-corrected chi connectivity index (χ1v) is 7.26. The molecule has 0 fully saturated rings. The van der Waals surface area contributed by atoms with E-state index in [9.17, 15) is 4.79 Å². The Morgan fingerprint density at radius 1 is 1.25 bits per heavy atom. The Hall–Kier alpha value is -2.14. The number of anilines is 3. The van der Waals surface area contributed by atoms with Crippen LogP contribution in [0, 0.1) is 0 Å². The Morgan fingerprint density at radius 2 is 2.00 bits per heavy atom. The number of benzene rings is 2. The van der Waals surface area contributed by atoms with E-state index in [2.05, 4.69) is 5.32 Å². The lowest BCUT2D eigenvalue weighted by molar-refractivity contribution is 0.0602. The summed E-state index contributed by atoms with van der Waals surface area (Å²) in [6.45, 7) is 0. The molecular formula is C15H16N2O2S. The molecule has 0 bridgehead atoms. The van der Waals surface area contributed by atoms with Gasteiger partial charge in [0, 0.05) is 10.6 Å². The Kier molecular flexibility index (Phi) is 4.53. The van der Waals surface area contributed by atoms with Crippen LogP contribution in [0.3, 0.4) is 0 Å². The number of rotatable bonds is 4. The number of hydrogen-bond acceptors (Lipinski definition) is 5. The average Bonchev–Trinajstić information content (AvgIpc) is 2.49. The molecule has 0 unspecified atom stereocenters. The third-order valence-electron chi connectivity index (χ3n) is 2.86. The molecule has 0 saturated heterocycles. The Labute approximate surface area is 122 Å². The van der Waals surface area contributed by atoms with Crippen LogP contribution in [-0.2, 0) is 4.74 Å². The van der Waals surface area contributed by atoms with E-state index in [0.29, 0.717) is 16.9 Å². The quantitative estimate of drug-likeness (QED) is 0.512. The van der Waals surface area contributed by atoms with Crippen molar-refractivity contribution < 1.29 is 9.53 Å². The van der Waals surface area contributed by atoms with E-state index in [-0.39, 0.29) is 0 Å². The summed E-state index contributed by atoms with van der Waals surface area (Å²) in [4.78, 5) is 12.8. The molecule has 2 aromatic carbocycles. The van der Waals surface area contributed by atoms with Gasteiger partial charge in [-0.15, -0.1) is 11.8 Å². The SMILES string of the molecule is COC(=O)c1cccc(Nc2cccc(SC)c2)c1N. The smallest absolute Gasteiger partial charge is 0.340 e. The first kappa shape index (κ1) is 14.3. The fourth-order valence-electron chi connectivity index (χ4n) is 1.82. The molecule has 0 radical (unpaired) electrons. The molecule has 0 saturated carbocycles. The highest BCUT2D eigenvalue weighted by atomic mass is 32.2. The van der Waals surface area contributed by atoms with E-state index in [4.69, 9.17) is 10.5 Å². The number of nitrogen functional groups attached to an aromatic ring is 1. The molecule has 0 amide bonds. The standard InChI is InChI=1S/C15H16N2O2S/c1-19-15(18)12-7-4-8-13(14(12)16)17-10-5-3-6-11(9-10)20-2/h3-9,17H,16H2,1-2H3. The van der Waals surface area contributed by atoms with Gasteiger partial charge in [0.1, 0.15) is 0 Å². The van der Waals surface area contributed by atoms with Crippen LogP contribution in [0.15, 0.2) is 47.4 Å². The van der Waals surface area contributed by atoms with Gasteiger partial charge in [-0.05, 0) is 36.6 Å². The van der Waals surface area contributed by atoms with Crippen molar-refractivity contribution in [1.29, 1.82) is 0 Å². The van der Waals surface area contributed by atoms with Crippen molar-refractivity contribution >= 4 is 34.8 Å². The zero-order chi connectivity index (χ0) is 14.5. The zero-order valence-electron chi connectivity index (χ0n) is 11.3. The third-order valence-corrected chi connectivity index (χ3v) is 3.59. The van der Waals surface area contributed by atoms with Crippen molar-refractivity contribution in [1.82, 2.24) is 0 Å². The Balaban J connectivity index is 2.31. The van der Waals surface area contributed by atoms with E-state index in [0.717, 1.165) is 10.6 Å². The number of esters is 1. The van der Waals surface area contributed by atoms with Gasteiger partial charge in [0.2, 0.25) is 0 Å². The predicted octanol–water partition coefficient (Wildman–Crippen LogP) is 3.52. The van der Waals surface area contributed by atoms with Crippen LogP contribution < -0.4 is 11.1 Å². The second-order valence-corrected chi connectivity index (χ2v) is 4.99. The molecule has 20 heavy (non-hydrogen) atoms. The van der Waals surface area contributed by atoms with Gasteiger partial charge in [0.05, 0.1) is 24.0 Å². The molecule has 0 heterocycles. The van der Waals surface area contributed by atoms with Crippen LogP contribution in [0.25, 0.3) is 0 Å². The van der Waals surface area contributed by atoms with E-state index in [1.54, 1.807) is 23.9 Å². The van der Waals surface area contributed by atoms with Crippen molar-refractivity contribution in [2.24, 2.45) is 0 Å². The van der Waals surface area contributed by atoms with Gasteiger partial charge in [0.15, 0.2) is 0 Å². The van der Waals surface area contributed by atoms with E-state index in [1.165, 1.54) is 7.11 Å². The molecule has 0 aromatic heterocycles. The lowest BCUT2D eigenvalue weighted by Crippen LogP contribution is -2.07. The first-order chi connectivity index (χ1) is 9.65. The summed E-state index contributed by atoms with van der Waals surface area (Å²) in [5, 5.41) is 3.22. The topological polar surface area (TPSA) is 64.3 Å². The van der Waals surface area contributed by atoms with Gasteiger partial charge in [-0.1, -0.05) is 12.1 Å². The molecule has 104 valence electrons. The fraction of sp³-hybridized carbons (Fsp3) is 0.133. The van der Waals surface area contributed by atoms with Gasteiger partial charge in [-0.25, -0.2) is 4.79 Å². The number of ether oxygens (including phenoxy) is 1. The summed E-state index contributed by atoms with van der Waals surface area (Å²) in [6, 6.07) is 13.2. The molecule has 0 spiro atoms. The van der Waals surface area contributed by atoms with Gasteiger partial charge in [-0.3, -0.25) is 0 Å². The molecule has 5 heteroatoms. The molecule has 0 aliphatic heterocycles. The summed E-state index contributed by atoms with van der Waals surface area (Å²) in [6.07, 6.45) is 2.02. The molecule has 0 atom stereocenters. The fourth-order valence-corrected chi connectivity index (χ4v) is 2.28. The summed E-state index contributed by atoms with van der Waals surface area (Å²) in [5.41, 5.74) is 8.36. The van der Waals surface area contributed by atoms with Crippen LogP contribution in [0.1, 0.15) is 10.4 Å². The molecule has 3 N–H and O–H groups in total. The number of carbonyl (C=O) groups is 1. The summed E-state index contributed by atoms with van der Waals surface area (Å²) in [7, 11) is 1.34. The Bertz CT molecular complexity index is 629. The summed E-state index contributed by atoms with van der Waals surface area (Å²) < 4.78 is 4.71. The maximum atomic E-state index is 11.6. The number of para-hydroxylation sites is 1. The van der Waals surface area contributed by atoms with Crippen LogP contribution in [-0.4, -0.2) is 19.3 Å². The van der Waals surface area contributed by atoms with Crippen LogP contribution in [0.5, 0.6) is 0 Å². The maximum Gasteiger partial charge on any atom is 0.340 e. The number of hydrogen-bond donors (Lipinski definition) is 2. The van der Waals surface area contributed by atoms with Crippen LogP contribution >= 0.6 is 11.8 Å². The number of carbonyl (C=O) groups excluding carboxylic acids is 1. The number of thioether (sulfide) groups is 1. The largest absolute Gasteiger partial charge is 0.465 e. The second-order valence-electron chi connectivity index (χ2n) is 4.12. The number of nitrogens with one attached hydrogen (secondary N) is 1. The third kappa shape index (κ3) is 3.05. The van der Waals surface area contributed by atoms with Gasteiger partial charge < -0.3 is 15.8 Å². The highest BCUT2D eigenvalue weighted by Gasteiger charge is 2.12. The van der Waals surface area contributed by atoms with Crippen molar-refractivity contribution in [3.05, 3.63) is 48.0 Å². The number of methoxy groups -OCH3 is 1. The first-order valence-electron chi connectivity index (χ1n) is 6.03. The van der Waals surface area contributed by atoms with Crippen molar-refractivity contribution in [3.8, 4) is 0 Å². The van der Waals surface area contributed by atoms with Crippen LogP contribution in [0.4, 0.5) is 17.1 Å². The van der Waals surface area contributed by atoms with E-state index in [1.807, 2.05) is 36.6 Å². The van der Waals surface area contributed by atoms with E-state index >= 15 is 0 Å². The van der Waals surface area contributed by atoms with Crippen molar-refractivity contribution in [3.63, 3.8) is 0 Å². The highest BCUT2D eigenvalue weighted by Crippen LogP contribution is 2.28. The second kappa shape index (κ2) is 6.34. The normalized spacial score (nSPS) is 10.1. The lowest BCUT2D eigenvalue weighted by Gasteiger charge is -2.12. The predicted molar refractivity (Wildman–Crippen MR) is 83.7 cm³/mol. The van der Waals surface area contributed by atoms with Gasteiger partial charge >= 0.3 is 5.97 Å². The molecule has 4 nitrogen and oxygen atoms in total. The average molecular weight is 288 g/mol. The molecule has 0 aliphatic carbocycles. The Morgan fingerprint density at radius 3 is 2.70 bits per heavy atom. The van der Waals surface area contributed by atoms with E-state index < -0.39 is 5.97 Å². The number of nitrogens with two attached hydrogens (primary N) is 1. The van der Waals surface area contributed by atoms with Gasteiger partial charge in [-0.2, -0.15) is 0 Å². The zero-order valence-corrected chi connectivity index (χ0v) is 12.2. The molecule has 2 aromatic rings. The molecular weight excluding hydrogens is 272 g/mol. The highest BCUT2D eigenvalue weighted by molar-refractivity contribution is 7.98. The monoisotopic (exact) mass is 288 g/mol. The minimum atomic E-state index is -0.441. The lowest BCUT2D eigenvalue weighted by atomic mass is 10.1. The molecule has 0 aliphatic rings.